The van der Waals surface area contributed by atoms with Gasteiger partial charge in [0.1, 0.15) is 5.60 Å². The van der Waals surface area contributed by atoms with E-state index in [1.807, 2.05) is 31.3 Å². The minimum absolute atomic E-state index is 0.243. The second-order valence-electron chi connectivity index (χ2n) is 6.78. The Bertz CT molecular complexity index is 550. The van der Waals surface area contributed by atoms with Crippen molar-refractivity contribution in [2.45, 2.75) is 52.2 Å². The van der Waals surface area contributed by atoms with Gasteiger partial charge < -0.3 is 20.1 Å². The van der Waals surface area contributed by atoms with Gasteiger partial charge in [-0.3, -0.25) is 0 Å². The van der Waals surface area contributed by atoms with Gasteiger partial charge in [0.25, 0.3) is 0 Å². The summed E-state index contributed by atoms with van der Waals surface area (Å²) < 4.78 is 10.3. The fraction of sp³-hybridized carbons (Fsp3) is 0.579. The van der Waals surface area contributed by atoms with Gasteiger partial charge in [0.2, 0.25) is 0 Å². The van der Waals surface area contributed by atoms with Crippen LogP contribution in [0.15, 0.2) is 24.3 Å². The summed E-state index contributed by atoms with van der Waals surface area (Å²) >= 11 is 0. The third kappa shape index (κ3) is 8.03. The molecule has 0 saturated heterocycles. The van der Waals surface area contributed by atoms with E-state index in [1.54, 1.807) is 27.7 Å². The first kappa shape index (κ1) is 21.0. The summed E-state index contributed by atoms with van der Waals surface area (Å²) in [6.07, 6.45) is 1.33. The van der Waals surface area contributed by atoms with Crippen LogP contribution in [0.1, 0.15) is 51.3 Å². The summed E-state index contributed by atoms with van der Waals surface area (Å²) in [6.45, 7) is 8.23. The molecule has 0 saturated carbocycles. The number of aryl methyl sites for hydroxylation is 1. The number of rotatable bonds is 8. The van der Waals surface area contributed by atoms with Gasteiger partial charge in [-0.15, -0.1) is 0 Å². The lowest BCUT2D eigenvalue weighted by Crippen LogP contribution is -2.38. The number of hydrogen-bond donors (Lipinski definition) is 2. The third-order valence-corrected chi connectivity index (χ3v) is 3.39. The van der Waals surface area contributed by atoms with Gasteiger partial charge in [0.15, 0.2) is 6.04 Å². The Morgan fingerprint density at radius 3 is 2.32 bits per heavy atom. The molecule has 6 nitrogen and oxygen atoms in total. The van der Waals surface area contributed by atoms with Crippen LogP contribution >= 0.6 is 0 Å². The average Bonchev–Trinajstić information content (AvgIpc) is 2.52. The molecule has 0 heterocycles. The molecule has 2 N–H and O–H groups in total. The number of esters is 1. The molecule has 0 radical (unpaired) electrons. The van der Waals surface area contributed by atoms with E-state index in [0.29, 0.717) is 5.56 Å². The van der Waals surface area contributed by atoms with E-state index in [-0.39, 0.29) is 6.61 Å². The van der Waals surface area contributed by atoms with Crippen molar-refractivity contribution < 1.29 is 19.1 Å². The van der Waals surface area contributed by atoms with Crippen LogP contribution in [0.3, 0.4) is 0 Å². The maximum absolute atomic E-state index is 12.2. The number of nitrogens with one attached hydrogen (secondary N) is 2. The number of amides is 1. The highest BCUT2D eigenvalue weighted by Crippen LogP contribution is 2.18. The van der Waals surface area contributed by atoms with Gasteiger partial charge in [0, 0.05) is 0 Å². The third-order valence-electron chi connectivity index (χ3n) is 3.39. The highest BCUT2D eigenvalue weighted by Gasteiger charge is 2.26. The van der Waals surface area contributed by atoms with Crippen LogP contribution in [0, 0.1) is 0 Å². The minimum atomic E-state index is -0.888. The Kier molecular flexibility index (Phi) is 8.41. The standard InChI is InChI=1S/C19H30N2O4/c1-6-24-17(22)16(21-18(23)25-19(2,3)4)15-11-9-14(10-12-15)8-7-13-20-5/h9-12,16,20H,6-8,13H2,1-5H3,(H,21,23). The first-order valence-corrected chi connectivity index (χ1v) is 8.66. The first-order chi connectivity index (χ1) is 11.8. The summed E-state index contributed by atoms with van der Waals surface area (Å²) in [6, 6.07) is 6.73. The van der Waals surface area contributed by atoms with Crippen LogP contribution in [0.5, 0.6) is 0 Å². The fourth-order valence-electron chi connectivity index (χ4n) is 2.28. The lowest BCUT2D eigenvalue weighted by molar-refractivity contribution is -0.145. The molecule has 1 atom stereocenters. The van der Waals surface area contributed by atoms with Gasteiger partial charge in [0.05, 0.1) is 6.61 Å². The Morgan fingerprint density at radius 1 is 1.16 bits per heavy atom. The normalized spacial score (nSPS) is 12.4. The second kappa shape index (κ2) is 10.0. The van der Waals surface area contributed by atoms with Crippen molar-refractivity contribution in [3.8, 4) is 0 Å². The molecule has 1 aromatic rings. The van der Waals surface area contributed by atoms with Crippen LogP contribution in [0.25, 0.3) is 0 Å². The van der Waals surface area contributed by atoms with Crippen molar-refractivity contribution in [2.24, 2.45) is 0 Å². The maximum atomic E-state index is 12.2. The molecule has 1 rings (SSSR count). The summed E-state index contributed by atoms with van der Waals surface area (Å²) in [5.41, 5.74) is 1.21. The van der Waals surface area contributed by atoms with E-state index in [9.17, 15) is 9.59 Å². The van der Waals surface area contributed by atoms with Gasteiger partial charge in [-0.05, 0) is 65.3 Å². The van der Waals surface area contributed by atoms with Crippen molar-refractivity contribution in [1.82, 2.24) is 10.6 Å². The lowest BCUT2D eigenvalue weighted by Gasteiger charge is -2.23. The Morgan fingerprint density at radius 2 is 1.80 bits per heavy atom. The Hall–Kier alpha value is -2.08. The highest BCUT2D eigenvalue weighted by atomic mass is 16.6. The molecule has 0 spiro atoms. The number of hydrogen-bond acceptors (Lipinski definition) is 5. The van der Waals surface area contributed by atoms with Gasteiger partial charge in [-0.1, -0.05) is 24.3 Å². The second-order valence-corrected chi connectivity index (χ2v) is 6.78. The van der Waals surface area contributed by atoms with Crippen LogP contribution < -0.4 is 10.6 Å². The molecule has 25 heavy (non-hydrogen) atoms. The molecule has 0 aliphatic rings. The van der Waals surface area contributed by atoms with Gasteiger partial charge in [-0.2, -0.15) is 0 Å². The monoisotopic (exact) mass is 350 g/mol. The van der Waals surface area contributed by atoms with Crippen molar-refractivity contribution in [3.63, 3.8) is 0 Å². The quantitative estimate of drug-likeness (QED) is 0.557. The van der Waals surface area contributed by atoms with Gasteiger partial charge >= 0.3 is 12.1 Å². The van der Waals surface area contributed by atoms with Crippen LogP contribution in [0.2, 0.25) is 0 Å². The molecule has 0 aliphatic carbocycles. The van der Waals surface area contributed by atoms with Crippen molar-refractivity contribution >= 4 is 12.1 Å². The molecule has 1 amide bonds. The number of carbonyl (C=O) groups is 2. The van der Waals surface area contributed by atoms with E-state index in [0.717, 1.165) is 19.4 Å². The number of benzene rings is 1. The molecule has 1 unspecified atom stereocenters. The number of carbonyl (C=O) groups excluding carboxylic acids is 2. The smallest absolute Gasteiger partial charge is 0.408 e. The van der Waals surface area contributed by atoms with E-state index in [2.05, 4.69) is 10.6 Å². The predicted octanol–water partition coefficient (Wildman–Crippen LogP) is 2.97. The molecular formula is C19H30N2O4. The summed E-state index contributed by atoms with van der Waals surface area (Å²) in [5, 5.41) is 5.71. The van der Waals surface area contributed by atoms with E-state index < -0.39 is 23.7 Å². The van der Waals surface area contributed by atoms with E-state index >= 15 is 0 Å². The van der Waals surface area contributed by atoms with Crippen molar-refractivity contribution in [1.29, 1.82) is 0 Å². The summed E-state index contributed by atoms with van der Waals surface area (Å²) in [4.78, 5) is 24.3. The molecular weight excluding hydrogens is 320 g/mol. The van der Waals surface area contributed by atoms with E-state index in [1.165, 1.54) is 5.56 Å². The highest BCUT2D eigenvalue weighted by molar-refractivity contribution is 5.82. The zero-order valence-electron chi connectivity index (χ0n) is 15.8. The Labute approximate surface area is 150 Å². The number of ether oxygens (including phenoxy) is 2. The van der Waals surface area contributed by atoms with Crippen LogP contribution in [0.4, 0.5) is 4.79 Å². The SMILES string of the molecule is CCOC(=O)C(NC(=O)OC(C)(C)C)c1ccc(CCCNC)cc1. The minimum Gasteiger partial charge on any atom is -0.464 e. The maximum Gasteiger partial charge on any atom is 0.408 e. The van der Waals surface area contributed by atoms with Gasteiger partial charge in [-0.25, -0.2) is 9.59 Å². The van der Waals surface area contributed by atoms with Crippen LogP contribution in [-0.2, 0) is 20.7 Å². The fourth-order valence-corrected chi connectivity index (χ4v) is 2.28. The molecule has 140 valence electrons. The van der Waals surface area contributed by atoms with Crippen molar-refractivity contribution in [2.75, 3.05) is 20.2 Å². The first-order valence-electron chi connectivity index (χ1n) is 8.66. The van der Waals surface area contributed by atoms with Crippen LogP contribution in [-0.4, -0.2) is 37.9 Å². The topological polar surface area (TPSA) is 76.7 Å². The average molecular weight is 350 g/mol. The molecule has 0 aliphatic heterocycles. The molecule has 0 aromatic heterocycles. The zero-order chi connectivity index (χ0) is 18.9. The zero-order valence-corrected chi connectivity index (χ0v) is 15.8. The number of alkyl carbamates (subject to hydrolysis) is 1. The predicted molar refractivity (Wildman–Crippen MR) is 97.4 cm³/mol. The largest absolute Gasteiger partial charge is 0.464 e. The molecule has 0 bridgehead atoms. The van der Waals surface area contributed by atoms with E-state index in [4.69, 9.17) is 9.47 Å². The van der Waals surface area contributed by atoms with Crippen molar-refractivity contribution in [3.05, 3.63) is 35.4 Å². The molecule has 6 heteroatoms. The lowest BCUT2D eigenvalue weighted by atomic mass is 10.0. The summed E-state index contributed by atoms with van der Waals surface area (Å²) in [7, 11) is 1.93. The molecule has 1 aromatic carbocycles. The Balaban J connectivity index is 2.85. The molecule has 0 fully saturated rings. The summed E-state index contributed by atoms with van der Waals surface area (Å²) in [5.74, 6) is -0.503.